The van der Waals surface area contributed by atoms with Crippen LogP contribution in [0.3, 0.4) is 0 Å². The number of aromatic nitrogens is 2. The molecule has 2 heterocycles. The van der Waals surface area contributed by atoms with Gasteiger partial charge in [0.25, 0.3) is 0 Å². The lowest BCUT2D eigenvalue weighted by Gasteiger charge is -2.32. The standard InChI is InChI=1S/C16H20FN3O/c17-14-4-1-5-16(9-14)21-12-13-3-2-8-20(10-13)11-15-6-7-18-19-15/h1,4-7,9,13H,2-3,8,10-12H2,(H,18,19). The summed E-state index contributed by atoms with van der Waals surface area (Å²) in [7, 11) is 0. The van der Waals surface area contributed by atoms with E-state index in [-0.39, 0.29) is 5.82 Å². The summed E-state index contributed by atoms with van der Waals surface area (Å²) in [6.45, 7) is 3.66. The van der Waals surface area contributed by atoms with Crippen molar-refractivity contribution in [2.24, 2.45) is 5.92 Å². The van der Waals surface area contributed by atoms with Crippen LogP contribution < -0.4 is 4.74 Å². The van der Waals surface area contributed by atoms with Crippen molar-refractivity contribution in [2.45, 2.75) is 19.4 Å². The molecule has 0 spiro atoms. The number of likely N-dealkylation sites (tertiary alicyclic amines) is 1. The number of nitrogens with zero attached hydrogens (tertiary/aromatic N) is 2. The number of piperidine rings is 1. The Morgan fingerprint density at radius 3 is 3.14 bits per heavy atom. The minimum atomic E-state index is -0.253. The Bertz CT molecular complexity index is 558. The molecule has 21 heavy (non-hydrogen) atoms. The number of aromatic amines is 1. The lowest BCUT2D eigenvalue weighted by atomic mass is 9.99. The zero-order valence-corrected chi connectivity index (χ0v) is 12.0. The largest absolute Gasteiger partial charge is 0.493 e. The van der Waals surface area contributed by atoms with Gasteiger partial charge in [-0.05, 0) is 37.6 Å². The second-order valence-electron chi connectivity index (χ2n) is 5.59. The number of H-pyrrole nitrogens is 1. The van der Waals surface area contributed by atoms with Crippen molar-refractivity contribution in [3.63, 3.8) is 0 Å². The van der Waals surface area contributed by atoms with Gasteiger partial charge in [-0.2, -0.15) is 5.10 Å². The number of hydrogen-bond acceptors (Lipinski definition) is 3. The quantitative estimate of drug-likeness (QED) is 0.920. The highest BCUT2D eigenvalue weighted by Gasteiger charge is 2.20. The molecule has 1 aliphatic heterocycles. The molecule has 1 saturated heterocycles. The highest BCUT2D eigenvalue weighted by molar-refractivity contribution is 5.22. The number of rotatable bonds is 5. The van der Waals surface area contributed by atoms with Gasteiger partial charge in [0, 0.05) is 37.0 Å². The Morgan fingerprint density at radius 1 is 1.38 bits per heavy atom. The van der Waals surface area contributed by atoms with Crippen molar-refractivity contribution in [1.29, 1.82) is 0 Å². The summed E-state index contributed by atoms with van der Waals surface area (Å²) in [5.41, 5.74) is 1.14. The molecule has 1 aromatic carbocycles. The third kappa shape index (κ3) is 4.04. The zero-order chi connectivity index (χ0) is 14.5. The third-order valence-electron chi connectivity index (χ3n) is 3.84. The predicted molar refractivity (Wildman–Crippen MR) is 78.5 cm³/mol. The first kappa shape index (κ1) is 14.1. The summed E-state index contributed by atoms with van der Waals surface area (Å²) in [5.74, 6) is 0.850. The molecule has 1 unspecified atom stereocenters. The first-order valence-corrected chi connectivity index (χ1v) is 7.38. The van der Waals surface area contributed by atoms with Crippen LogP contribution in [0.25, 0.3) is 0 Å². The van der Waals surface area contributed by atoms with Gasteiger partial charge in [-0.1, -0.05) is 6.07 Å². The summed E-state index contributed by atoms with van der Waals surface area (Å²) < 4.78 is 18.8. The van der Waals surface area contributed by atoms with Crippen LogP contribution in [0, 0.1) is 11.7 Å². The minimum absolute atomic E-state index is 0.253. The molecule has 1 aliphatic rings. The van der Waals surface area contributed by atoms with Gasteiger partial charge in [0.05, 0.1) is 6.61 Å². The molecule has 0 bridgehead atoms. The maximum atomic E-state index is 13.1. The molecule has 0 saturated carbocycles. The highest BCUT2D eigenvalue weighted by Crippen LogP contribution is 2.20. The maximum absolute atomic E-state index is 13.1. The number of halogens is 1. The van der Waals surface area contributed by atoms with E-state index in [1.165, 1.54) is 18.6 Å². The van der Waals surface area contributed by atoms with Gasteiger partial charge in [0.2, 0.25) is 0 Å². The molecule has 0 amide bonds. The van der Waals surface area contributed by atoms with Crippen LogP contribution in [-0.4, -0.2) is 34.8 Å². The van der Waals surface area contributed by atoms with Crippen molar-refractivity contribution < 1.29 is 9.13 Å². The highest BCUT2D eigenvalue weighted by atomic mass is 19.1. The summed E-state index contributed by atoms with van der Waals surface area (Å²) in [4.78, 5) is 2.41. The van der Waals surface area contributed by atoms with Crippen molar-refractivity contribution >= 4 is 0 Å². The lowest BCUT2D eigenvalue weighted by molar-refractivity contribution is 0.124. The van der Waals surface area contributed by atoms with E-state index in [1.807, 2.05) is 6.07 Å². The van der Waals surface area contributed by atoms with Gasteiger partial charge >= 0.3 is 0 Å². The summed E-state index contributed by atoms with van der Waals surface area (Å²) in [6.07, 6.45) is 4.12. The van der Waals surface area contributed by atoms with E-state index in [9.17, 15) is 4.39 Å². The lowest BCUT2D eigenvalue weighted by Crippen LogP contribution is -2.37. The van der Waals surface area contributed by atoms with Gasteiger partial charge < -0.3 is 4.74 Å². The van der Waals surface area contributed by atoms with Crippen LogP contribution in [0.2, 0.25) is 0 Å². The number of hydrogen-bond donors (Lipinski definition) is 1. The fraction of sp³-hybridized carbons (Fsp3) is 0.438. The van der Waals surface area contributed by atoms with E-state index in [2.05, 4.69) is 15.1 Å². The molecule has 1 aromatic heterocycles. The monoisotopic (exact) mass is 289 g/mol. The molecule has 2 aromatic rings. The predicted octanol–water partition coefficient (Wildman–Crippen LogP) is 2.84. The van der Waals surface area contributed by atoms with Crippen LogP contribution >= 0.6 is 0 Å². The Kier molecular flexibility index (Phi) is 4.50. The molecule has 1 atom stereocenters. The third-order valence-corrected chi connectivity index (χ3v) is 3.84. The Hall–Kier alpha value is -1.88. The average Bonchev–Trinajstić information content (AvgIpc) is 2.99. The molecule has 1 fully saturated rings. The smallest absolute Gasteiger partial charge is 0.126 e. The number of nitrogens with one attached hydrogen (secondary N) is 1. The van der Waals surface area contributed by atoms with Crippen molar-refractivity contribution in [2.75, 3.05) is 19.7 Å². The average molecular weight is 289 g/mol. The van der Waals surface area contributed by atoms with E-state index in [0.717, 1.165) is 31.7 Å². The topological polar surface area (TPSA) is 41.1 Å². The Balaban J connectivity index is 1.49. The molecule has 0 radical (unpaired) electrons. The van der Waals surface area contributed by atoms with Crippen LogP contribution in [0.15, 0.2) is 36.5 Å². The normalized spacial score (nSPS) is 19.6. The summed E-state index contributed by atoms with van der Waals surface area (Å²) >= 11 is 0. The number of benzene rings is 1. The van der Waals surface area contributed by atoms with Gasteiger partial charge in [-0.3, -0.25) is 10.00 Å². The maximum Gasteiger partial charge on any atom is 0.126 e. The van der Waals surface area contributed by atoms with E-state index < -0.39 is 0 Å². The van der Waals surface area contributed by atoms with Gasteiger partial charge in [0.1, 0.15) is 11.6 Å². The van der Waals surface area contributed by atoms with Gasteiger partial charge in [0.15, 0.2) is 0 Å². The minimum Gasteiger partial charge on any atom is -0.493 e. The number of ether oxygens (including phenoxy) is 1. The molecule has 3 rings (SSSR count). The van der Waals surface area contributed by atoms with Crippen LogP contribution in [-0.2, 0) is 6.54 Å². The molecule has 1 N–H and O–H groups in total. The molecule has 4 nitrogen and oxygen atoms in total. The molecule has 112 valence electrons. The Labute approximate surface area is 123 Å². The first-order valence-electron chi connectivity index (χ1n) is 7.38. The SMILES string of the molecule is Fc1cccc(OCC2CCCN(Cc3ccn[nH]3)C2)c1. The molecular formula is C16H20FN3O. The van der Waals surface area contributed by atoms with E-state index in [1.54, 1.807) is 18.3 Å². The fourth-order valence-corrected chi connectivity index (χ4v) is 2.82. The van der Waals surface area contributed by atoms with Gasteiger partial charge in [-0.15, -0.1) is 0 Å². The zero-order valence-electron chi connectivity index (χ0n) is 12.0. The van der Waals surface area contributed by atoms with E-state index >= 15 is 0 Å². The fourth-order valence-electron chi connectivity index (χ4n) is 2.82. The van der Waals surface area contributed by atoms with Crippen LogP contribution in [0.4, 0.5) is 4.39 Å². The van der Waals surface area contributed by atoms with Crippen molar-refractivity contribution in [1.82, 2.24) is 15.1 Å². The van der Waals surface area contributed by atoms with E-state index in [4.69, 9.17) is 4.74 Å². The summed E-state index contributed by atoms with van der Waals surface area (Å²) in [5, 5.41) is 6.98. The van der Waals surface area contributed by atoms with E-state index in [0.29, 0.717) is 18.3 Å². The second-order valence-corrected chi connectivity index (χ2v) is 5.59. The Morgan fingerprint density at radius 2 is 2.33 bits per heavy atom. The van der Waals surface area contributed by atoms with Crippen molar-refractivity contribution in [3.8, 4) is 5.75 Å². The molecule has 5 heteroatoms. The second kappa shape index (κ2) is 6.72. The van der Waals surface area contributed by atoms with Crippen LogP contribution in [0.5, 0.6) is 5.75 Å². The molecular weight excluding hydrogens is 269 g/mol. The first-order chi connectivity index (χ1) is 10.3. The summed E-state index contributed by atoms with van der Waals surface area (Å²) in [6, 6.07) is 8.35. The molecule has 0 aliphatic carbocycles. The van der Waals surface area contributed by atoms with Crippen molar-refractivity contribution in [3.05, 3.63) is 48.0 Å². The van der Waals surface area contributed by atoms with Gasteiger partial charge in [-0.25, -0.2) is 4.39 Å². The van der Waals surface area contributed by atoms with Crippen LogP contribution in [0.1, 0.15) is 18.5 Å².